The van der Waals surface area contributed by atoms with Crippen molar-refractivity contribution in [2.75, 3.05) is 13.1 Å². The number of carbonyl (C=O) groups excluding carboxylic acids is 3. The second-order valence-corrected chi connectivity index (χ2v) is 11.0. The number of ketones is 2. The largest absolute Gasteiger partial charge is 0.444 e. The first-order chi connectivity index (χ1) is 17.9. The van der Waals surface area contributed by atoms with Crippen molar-refractivity contribution in [2.24, 2.45) is 5.92 Å². The third-order valence-electron chi connectivity index (χ3n) is 6.64. The molecule has 0 bridgehead atoms. The molecule has 0 saturated carbocycles. The molecule has 1 fully saturated rings. The van der Waals surface area contributed by atoms with Crippen molar-refractivity contribution < 1.29 is 27.9 Å². The van der Waals surface area contributed by atoms with Gasteiger partial charge in [0, 0.05) is 43.0 Å². The number of hydrogen-bond donors (Lipinski definition) is 0. The number of pyridine rings is 1. The number of benzene rings is 1. The number of aromatic nitrogens is 1. The highest BCUT2D eigenvalue weighted by atomic mass is 19.3. The predicted octanol–water partition coefficient (Wildman–Crippen LogP) is 6.90. The molecule has 3 rings (SSSR count). The van der Waals surface area contributed by atoms with E-state index in [0.29, 0.717) is 30.5 Å². The first kappa shape index (κ1) is 29.4. The Morgan fingerprint density at radius 2 is 1.79 bits per heavy atom. The van der Waals surface area contributed by atoms with Crippen LogP contribution in [0, 0.1) is 5.92 Å². The zero-order valence-electron chi connectivity index (χ0n) is 22.8. The molecule has 0 N–H and O–H groups in total. The van der Waals surface area contributed by atoms with Gasteiger partial charge < -0.3 is 9.64 Å². The van der Waals surface area contributed by atoms with Crippen LogP contribution in [0.25, 0.3) is 0 Å². The van der Waals surface area contributed by atoms with Gasteiger partial charge in [-0.3, -0.25) is 9.59 Å². The number of piperidine rings is 1. The number of rotatable bonds is 10. The molecule has 8 heteroatoms. The lowest BCUT2D eigenvalue weighted by molar-refractivity contribution is -0.112. The van der Waals surface area contributed by atoms with E-state index >= 15 is 0 Å². The van der Waals surface area contributed by atoms with Crippen LogP contribution in [0.3, 0.4) is 0 Å². The molecular weight excluding hydrogens is 490 g/mol. The highest BCUT2D eigenvalue weighted by Gasteiger charge is 2.46. The smallest absolute Gasteiger partial charge is 0.410 e. The van der Waals surface area contributed by atoms with Gasteiger partial charge in [0.05, 0.1) is 6.54 Å². The number of ether oxygens (including phenoxy) is 1. The van der Waals surface area contributed by atoms with Crippen molar-refractivity contribution in [1.29, 1.82) is 0 Å². The van der Waals surface area contributed by atoms with Crippen LogP contribution in [0.5, 0.6) is 0 Å². The molecule has 1 aromatic heterocycles. The van der Waals surface area contributed by atoms with Crippen molar-refractivity contribution >= 4 is 17.7 Å². The quantitative estimate of drug-likeness (QED) is 0.248. The maximum Gasteiger partial charge on any atom is 0.410 e. The Labute approximate surface area is 223 Å². The standard InChI is InChI=1S/C30H38F2N2O4/c1-5-26(35)25-19-22(18-24(33-25)17-21-11-7-6-8-12-21)27(36)14-10-9-13-23-15-16-34(20-30(23,31)32)28(37)38-29(2,3)4/h6-8,11-12,18-19,23H,5,9-10,13-17,20H2,1-4H3. The molecule has 2 heterocycles. The number of unbranched alkanes of at least 4 members (excludes halogenated alkanes) is 1. The van der Waals surface area contributed by atoms with Crippen LogP contribution in [0.1, 0.15) is 98.3 Å². The molecule has 206 valence electrons. The van der Waals surface area contributed by atoms with Crippen molar-refractivity contribution in [3.63, 3.8) is 0 Å². The lowest BCUT2D eigenvalue weighted by Gasteiger charge is -2.38. The van der Waals surface area contributed by atoms with Gasteiger partial charge in [0.15, 0.2) is 11.6 Å². The van der Waals surface area contributed by atoms with E-state index in [9.17, 15) is 23.2 Å². The second-order valence-electron chi connectivity index (χ2n) is 11.0. The van der Waals surface area contributed by atoms with E-state index < -0.39 is 30.1 Å². The second kappa shape index (κ2) is 12.6. The van der Waals surface area contributed by atoms with Gasteiger partial charge in [0.25, 0.3) is 5.92 Å². The van der Waals surface area contributed by atoms with Crippen molar-refractivity contribution in [2.45, 2.75) is 84.2 Å². The molecular formula is C30H38F2N2O4. The molecule has 1 aromatic carbocycles. The van der Waals surface area contributed by atoms with E-state index in [-0.39, 0.29) is 49.5 Å². The maximum atomic E-state index is 14.8. The molecule has 1 aliphatic rings. The number of nitrogens with zero attached hydrogens (tertiary/aromatic N) is 2. The summed E-state index contributed by atoms with van der Waals surface area (Å²) in [6.45, 7) is 6.44. The minimum Gasteiger partial charge on any atom is -0.444 e. The van der Waals surface area contributed by atoms with Gasteiger partial charge in [-0.15, -0.1) is 0 Å². The van der Waals surface area contributed by atoms with Crippen molar-refractivity contribution in [1.82, 2.24) is 9.88 Å². The summed E-state index contributed by atoms with van der Waals surface area (Å²) in [5.41, 5.74) is 1.64. The van der Waals surface area contributed by atoms with Crippen LogP contribution >= 0.6 is 0 Å². The fourth-order valence-electron chi connectivity index (χ4n) is 4.61. The molecule has 1 unspecified atom stereocenters. The lowest BCUT2D eigenvalue weighted by Crippen LogP contribution is -2.51. The molecule has 0 spiro atoms. The molecule has 0 radical (unpaired) electrons. The molecule has 38 heavy (non-hydrogen) atoms. The average Bonchev–Trinajstić information content (AvgIpc) is 2.85. The minimum absolute atomic E-state index is 0.127. The zero-order valence-corrected chi connectivity index (χ0v) is 22.8. The van der Waals surface area contributed by atoms with Gasteiger partial charge in [0.1, 0.15) is 11.3 Å². The highest BCUT2D eigenvalue weighted by molar-refractivity contribution is 6.00. The maximum absolute atomic E-state index is 14.8. The lowest BCUT2D eigenvalue weighted by atomic mass is 9.87. The van der Waals surface area contributed by atoms with Gasteiger partial charge in [-0.1, -0.05) is 43.7 Å². The summed E-state index contributed by atoms with van der Waals surface area (Å²) in [5.74, 6) is -4.11. The van der Waals surface area contributed by atoms with Gasteiger partial charge in [0.2, 0.25) is 0 Å². The number of carbonyl (C=O) groups is 3. The van der Waals surface area contributed by atoms with Crippen LogP contribution in [0.4, 0.5) is 13.6 Å². The Morgan fingerprint density at radius 1 is 1.08 bits per heavy atom. The molecule has 1 saturated heterocycles. The van der Waals surface area contributed by atoms with Gasteiger partial charge in [-0.25, -0.2) is 18.6 Å². The van der Waals surface area contributed by atoms with Gasteiger partial charge in [-0.2, -0.15) is 0 Å². The summed E-state index contributed by atoms with van der Waals surface area (Å²) < 4.78 is 34.8. The molecule has 2 aromatic rings. The van der Waals surface area contributed by atoms with Gasteiger partial charge >= 0.3 is 6.09 Å². The van der Waals surface area contributed by atoms with E-state index in [1.54, 1.807) is 39.8 Å². The topological polar surface area (TPSA) is 76.6 Å². The SMILES string of the molecule is CCC(=O)c1cc(C(=O)CCCCC2CCN(C(=O)OC(C)(C)C)CC2(F)F)cc(Cc2ccccc2)n1. The molecule has 1 atom stereocenters. The molecule has 1 aliphatic heterocycles. The minimum atomic E-state index is -3.01. The summed E-state index contributed by atoms with van der Waals surface area (Å²) in [6, 6.07) is 13.0. The Hall–Kier alpha value is -3.16. The monoisotopic (exact) mass is 528 g/mol. The summed E-state index contributed by atoms with van der Waals surface area (Å²) in [5, 5.41) is 0. The number of hydrogen-bond acceptors (Lipinski definition) is 5. The third-order valence-corrected chi connectivity index (χ3v) is 6.64. The van der Waals surface area contributed by atoms with Crippen LogP contribution in [-0.4, -0.2) is 52.2 Å². The normalized spacial score (nSPS) is 17.2. The fourth-order valence-corrected chi connectivity index (χ4v) is 4.61. The van der Waals surface area contributed by atoms with Crippen LogP contribution in [0.15, 0.2) is 42.5 Å². The molecule has 1 amide bonds. The van der Waals surface area contributed by atoms with Crippen LogP contribution < -0.4 is 0 Å². The van der Waals surface area contributed by atoms with E-state index in [0.717, 1.165) is 10.5 Å². The number of alkyl halides is 2. The van der Waals surface area contributed by atoms with Crippen LogP contribution in [-0.2, 0) is 11.2 Å². The Bertz CT molecular complexity index is 1130. The third kappa shape index (κ3) is 8.43. The Kier molecular flexibility index (Phi) is 9.74. The highest BCUT2D eigenvalue weighted by Crippen LogP contribution is 2.37. The molecule has 0 aliphatic carbocycles. The van der Waals surface area contributed by atoms with E-state index in [2.05, 4.69) is 4.98 Å². The summed E-state index contributed by atoms with van der Waals surface area (Å²) in [4.78, 5) is 43.1. The first-order valence-corrected chi connectivity index (χ1v) is 13.3. The zero-order chi connectivity index (χ0) is 27.9. The Balaban J connectivity index is 1.56. The average molecular weight is 529 g/mol. The fraction of sp³-hybridized carbons (Fsp3) is 0.533. The Morgan fingerprint density at radius 3 is 2.42 bits per heavy atom. The number of amides is 1. The summed E-state index contributed by atoms with van der Waals surface area (Å²) in [7, 11) is 0. The van der Waals surface area contributed by atoms with Crippen molar-refractivity contribution in [3.8, 4) is 0 Å². The molecule has 6 nitrogen and oxygen atoms in total. The number of Topliss-reactive ketones (excluding diaryl/α,β-unsaturated/α-hetero) is 2. The van der Waals surface area contributed by atoms with Gasteiger partial charge in [-0.05, 0) is 57.7 Å². The number of halogens is 2. The van der Waals surface area contributed by atoms with E-state index in [1.807, 2.05) is 30.3 Å². The van der Waals surface area contributed by atoms with Crippen molar-refractivity contribution in [3.05, 3.63) is 65.0 Å². The summed E-state index contributed by atoms with van der Waals surface area (Å²) in [6.07, 6.45) is 1.69. The van der Waals surface area contributed by atoms with Crippen LogP contribution in [0.2, 0.25) is 0 Å². The predicted molar refractivity (Wildman–Crippen MR) is 142 cm³/mol. The van der Waals surface area contributed by atoms with E-state index in [1.165, 1.54) is 0 Å². The first-order valence-electron chi connectivity index (χ1n) is 13.3. The van der Waals surface area contributed by atoms with E-state index in [4.69, 9.17) is 4.74 Å². The summed E-state index contributed by atoms with van der Waals surface area (Å²) >= 11 is 0. The number of likely N-dealkylation sites (tertiary alicyclic amines) is 1.